The van der Waals surface area contributed by atoms with Crippen molar-refractivity contribution in [3.05, 3.63) is 34.9 Å². The van der Waals surface area contributed by atoms with Gasteiger partial charge in [0.15, 0.2) is 0 Å². The third kappa shape index (κ3) is 3.33. The summed E-state index contributed by atoms with van der Waals surface area (Å²) in [6, 6.07) is 6.97. The van der Waals surface area contributed by atoms with Crippen molar-refractivity contribution in [2.45, 2.75) is 13.0 Å². The van der Waals surface area contributed by atoms with Gasteiger partial charge in [0.2, 0.25) is 5.91 Å². The number of nitriles is 1. The molecule has 2 N–H and O–H groups in total. The van der Waals surface area contributed by atoms with Crippen molar-refractivity contribution in [1.29, 1.82) is 5.26 Å². The summed E-state index contributed by atoms with van der Waals surface area (Å²) < 4.78 is 0. The second-order valence-electron chi connectivity index (χ2n) is 4.68. The van der Waals surface area contributed by atoms with Crippen LogP contribution in [0.1, 0.15) is 21.5 Å². The average molecular weight is 273 g/mol. The summed E-state index contributed by atoms with van der Waals surface area (Å²) >= 11 is 0. The summed E-state index contributed by atoms with van der Waals surface area (Å²) in [6.45, 7) is 1.53. The van der Waals surface area contributed by atoms with Crippen LogP contribution in [0.25, 0.3) is 0 Å². The second-order valence-corrected chi connectivity index (χ2v) is 4.68. The predicted octanol–water partition coefficient (Wildman–Crippen LogP) is 0.383. The van der Waals surface area contributed by atoms with E-state index in [0.29, 0.717) is 6.54 Å². The number of nitrogens with one attached hydrogen (secondary N) is 1. The van der Waals surface area contributed by atoms with E-state index in [2.05, 4.69) is 5.32 Å². The van der Waals surface area contributed by atoms with E-state index in [4.69, 9.17) is 10.4 Å². The summed E-state index contributed by atoms with van der Waals surface area (Å²) in [5, 5.41) is 19.9. The van der Waals surface area contributed by atoms with Gasteiger partial charge in [-0.1, -0.05) is 6.07 Å². The van der Waals surface area contributed by atoms with Crippen LogP contribution in [0, 0.1) is 11.3 Å². The monoisotopic (exact) mass is 273 g/mol. The van der Waals surface area contributed by atoms with Crippen molar-refractivity contribution >= 4 is 11.9 Å². The van der Waals surface area contributed by atoms with E-state index in [1.807, 2.05) is 17.0 Å². The summed E-state index contributed by atoms with van der Waals surface area (Å²) in [7, 11) is 0. The number of fused-ring (bicyclic) bond motifs is 1. The standard InChI is InChI=1S/C14H15N3O3/c15-4-5-16-13(18)9-17-6-3-10-1-2-11(14(19)20)7-12(10)8-17/h1-2,7H,3,5-6,8-9H2,(H,16,18)(H,19,20). The van der Waals surface area contributed by atoms with Crippen molar-refractivity contribution in [2.75, 3.05) is 19.6 Å². The van der Waals surface area contributed by atoms with Crippen molar-refractivity contribution in [3.63, 3.8) is 0 Å². The summed E-state index contributed by atoms with van der Waals surface area (Å²) in [5.74, 6) is -1.14. The first-order chi connectivity index (χ1) is 9.60. The van der Waals surface area contributed by atoms with Crippen molar-refractivity contribution < 1.29 is 14.7 Å². The number of hydrogen-bond donors (Lipinski definition) is 2. The van der Waals surface area contributed by atoms with Crippen LogP contribution in [-0.4, -0.2) is 41.5 Å². The number of rotatable bonds is 4. The van der Waals surface area contributed by atoms with Gasteiger partial charge in [0, 0.05) is 13.1 Å². The Balaban J connectivity index is 2.02. The number of nitrogens with zero attached hydrogens (tertiary/aromatic N) is 2. The molecule has 1 aliphatic rings. The molecule has 1 aromatic rings. The average Bonchev–Trinajstić information content (AvgIpc) is 2.44. The van der Waals surface area contributed by atoms with Gasteiger partial charge in [0.05, 0.1) is 18.2 Å². The SMILES string of the molecule is N#CCNC(=O)CN1CCc2ccc(C(=O)O)cc2C1. The topological polar surface area (TPSA) is 93.4 Å². The van der Waals surface area contributed by atoms with Crippen LogP contribution in [0.2, 0.25) is 0 Å². The first-order valence-corrected chi connectivity index (χ1v) is 6.31. The van der Waals surface area contributed by atoms with Crippen LogP contribution in [-0.2, 0) is 17.8 Å². The van der Waals surface area contributed by atoms with Gasteiger partial charge >= 0.3 is 5.97 Å². The fourth-order valence-electron chi connectivity index (χ4n) is 2.28. The van der Waals surface area contributed by atoms with Crippen LogP contribution < -0.4 is 5.32 Å². The molecular weight excluding hydrogens is 258 g/mol. The molecule has 6 nitrogen and oxygen atoms in total. The molecule has 0 aromatic heterocycles. The quantitative estimate of drug-likeness (QED) is 0.774. The highest BCUT2D eigenvalue weighted by Crippen LogP contribution is 2.20. The molecule has 1 amide bonds. The summed E-state index contributed by atoms with van der Waals surface area (Å²) in [4.78, 5) is 24.5. The maximum Gasteiger partial charge on any atom is 0.335 e. The maximum absolute atomic E-state index is 11.6. The Morgan fingerprint density at radius 1 is 1.40 bits per heavy atom. The molecule has 1 heterocycles. The number of carbonyl (C=O) groups excluding carboxylic acids is 1. The van der Waals surface area contributed by atoms with Gasteiger partial charge in [0.25, 0.3) is 0 Å². The molecule has 1 aromatic carbocycles. The predicted molar refractivity (Wildman–Crippen MR) is 71.0 cm³/mol. The molecule has 1 aliphatic heterocycles. The van der Waals surface area contributed by atoms with E-state index < -0.39 is 5.97 Å². The Morgan fingerprint density at radius 3 is 2.90 bits per heavy atom. The van der Waals surface area contributed by atoms with E-state index in [1.165, 1.54) is 0 Å². The minimum atomic E-state index is -0.948. The number of aromatic carboxylic acids is 1. The van der Waals surface area contributed by atoms with E-state index >= 15 is 0 Å². The van der Waals surface area contributed by atoms with Gasteiger partial charge in [0.1, 0.15) is 6.54 Å². The van der Waals surface area contributed by atoms with Gasteiger partial charge in [-0.25, -0.2) is 4.79 Å². The number of carboxylic acid groups (broad SMARTS) is 1. The lowest BCUT2D eigenvalue weighted by molar-refractivity contribution is -0.122. The van der Waals surface area contributed by atoms with Gasteiger partial charge in [-0.05, 0) is 29.7 Å². The van der Waals surface area contributed by atoms with Crippen molar-refractivity contribution in [1.82, 2.24) is 10.2 Å². The molecule has 0 saturated carbocycles. The number of amides is 1. The molecule has 0 fully saturated rings. The number of carboxylic acids is 1. The highest BCUT2D eigenvalue weighted by molar-refractivity contribution is 5.88. The summed E-state index contributed by atoms with van der Waals surface area (Å²) in [5.41, 5.74) is 2.34. The first-order valence-electron chi connectivity index (χ1n) is 6.31. The number of benzene rings is 1. The molecule has 0 atom stereocenters. The van der Waals surface area contributed by atoms with Crippen LogP contribution >= 0.6 is 0 Å². The molecule has 0 radical (unpaired) electrons. The molecule has 0 bridgehead atoms. The Kier molecular flexibility index (Phi) is 4.33. The zero-order valence-electron chi connectivity index (χ0n) is 10.9. The van der Waals surface area contributed by atoms with Crippen LogP contribution in [0.4, 0.5) is 0 Å². The first kappa shape index (κ1) is 14.0. The normalized spacial score (nSPS) is 14.2. The van der Waals surface area contributed by atoms with E-state index in [1.54, 1.807) is 12.1 Å². The van der Waals surface area contributed by atoms with Gasteiger partial charge < -0.3 is 10.4 Å². The molecule has 0 aliphatic carbocycles. The van der Waals surface area contributed by atoms with E-state index in [-0.39, 0.29) is 24.6 Å². The largest absolute Gasteiger partial charge is 0.478 e. The van der Waals surface area contributed by atoms with Gasteiger partial charge in [-0.3, -0.25) is 9.69 Å². The smallest absolute Gasteiger partial charge is 0.335 e. The molecule has 0 saturated heterocycles. The maximum atomic E-state index is 11.6. The number of hydrogen-bond acceptors (Lipinski definition) is 4. The van der Waals surface area contributed by atoms with E-state index in [9.17, 15) is 9.59 Å². The van der Waals surface area contributed by atoms with E-state index in [0.717, 1.165) is 24.1 Å². The molecule has 0 unspecified atom stereocenters. The second kappa shape index (κ2) is 6.17. The Labute approximate surface area is 116 Å². The lowest BCUT2D eigenvalue weighted by Crippen LogP contribution is -2.40. The minimum absolute atomic E-state index is 0.00637. The fraction of sp³-hybridized carbons (Fsp3) is 0.357. The highest BCUT2D eigenvalue weighted by atomic mass is 16.4. The highest BCUT2D eigenvalue weighted by Gasteiger charge is 2.19. The minimum Gasteiger partial charge on any atom is -0.478 e. The molecular formula is C14H15N3O3. The molecule has 104 valence electrons. The van der Waals surface area contributed by atoms with Crippen LogP contribution in [0.3, 0.4) is 0 Å². The lowest BCUT2D eigenvalue weighted by Gasteiger charge is -2.28. The lowest BCUT2D eigenvalue weighted by atomic mass is 9.97. The van der Waals surface area contributed by atoms with Crippen LogP contribution in [0.15, 0.2) is 18.2 Å². The van der Waals surface area contributed by atoms with Crippen molar-refractivity contribution in [2.24, 2.45) is 0 Å². The Bertz CT molecular complexity index is 578. The van der Waals surface area contributed by atoms with Gasteiger partial charge in [-0.2, -0.15) is 5.26 Å². The third-order valence-corrected chi connectivity index (χ3v) is 3.28. The Morgan fingerprint density at radius 2 is 2.20 bits per heavy atom. The Hall–Kier alpha value is -2.39. The van der Waals surface area contributed by atoms with Crippen molar-refractivity contribution in [3.8, 4) is 6.07 Å². The fourth-order valence-corrected chi connectivity index (χ4v) is 2.28. The van der Waals surface area contributed by atoms with Crippen LogP contribution in [0.5, 0.6) is 0 Å². The zero-order chi connectivity index (χ0) is 14.5. The molecule has 2 rings (SSSR count). The van der Waals surface area contributed by atoms with Gasteiger partial charge in [-0.15, -0.1) is 0 Å². The third-order valence-electron chi connectivity index (χ3n) is 3.28. The molecule has 0 spiro atoms. The molecule has 20 heavy (non-hydrogen) atoms. The summed E-state index contributed by atoms with van der Waals surface area (Å²) in [6.07, 6.45) is 0.792. The molecule has 6 heteroatoms. The zero-order valence-corrected chi connectivity index (χ0v) is 10.9. The number of carbonyl (C=O) groups is 2.